The van der Waals surface area contributed by atoms with Crippen LogP contribution in [-0.4, -0.2) is 25.1 Å². The lowest BCUT2D eigenvalue weighted by Gasteiger charge is -2.21. The van der Waals surface area contributed by atoms with Crippen molar-refractivity contribution in [3.05, 3.63) is 30.1 Å². The Morgan fingerprint density at radius 3 is 2.05 bits per heavy atom. The monoisotopic (exact) mass is 340 g/mol. The van der Waals surface area contributed by atoms with Crippen LogP contribution in [0.3, 0.4) is 0 Å². The molecule has 1 aromatic rings. The minimum absolute atomic E-state index is 0.775. The van der Waals surface area contributed by atoms with Gasteiger partial charge in [0.25, 0.3) is 0 Å². The molecule has 0 N–H and O–H groups in total. The van der Waals surface area contributed by atoms with E-state index in [1.807, 2.05) is 0 Å². The van der Waals surface area contributed by atoms with Gasteiger partial charge in [-0.25, -0.2) is 8.96 Å². The van der Waals surface area contributed by atoms with Crippen molar-refractivity contribution in [1.82, 2.24) is 0 Å². The van der Waals surface area contributed by atoms with E-state index >= 15 is 0 Å². The number of para-hydroxylation sites is 1. The van der Waals surface area contributed by atoms with E-state index in [9.17, 15) is 35.3 Å². The molecule has 0 aliphatic heterocycles. The zero-order valence-electron chi connectivity index (χ0n) is 10.0. The van der Waals surface area contributed by atoms with Crippen LogP contribution in [0, 0.1) is 5.82 Å². The Morgan fingerprint density at radius 2 is 1.57 bits per heavy atom. The molecule has 1 atom stereocenters. The summed E-state index contributed by atoms with van der Waals surface area (Å²) in [7, 11) is -5.27. The maximum atomic E-state index is 13.2. The first-order chi connectivity index (χ1) is 9.40. The third kappa shape index (κ3) is 6.81. The molecule has 0 radical (unpaired) electrons. The van der Waals surface area contributed by atoms with Crippen LogP contribution >= 0.6 is 7.60 Å². The van der Waals surface area contributed by atoms with Crippen LogP contribution in [0.4, 0.5) is 30.7 Å². The van der Waals surface area contributed by atoms with Gasteiger partial charge < -0.3 is 4.52 Å². The van der Waals surface area contributed by atoms with Crippen molar-refractivity contribution in [2.24, 2.45) is 0 Å². The average Bonchev–Trinajstić information content (AvgIpc) is 2.27. The zero-order valence-corrected chi connectivity index (χ0v) is 10.9. The molecule has 0 aromatic heterocycles. The van der Waals surface area contributed by atoms with Gasteiger partial charge in [0.05, 0.1) is 0 Å². The van der Waals surface area contributed by atoms with Crippen LogP contribution in [0.15, 0.2) is 24.3 Å². The smallest absolute Gasteiger partial charge is 0.412 e. The Balaban J connectivity index is 2.97. The van der Waals surface area contributed by atoms with E-state index < -0.39 is 44.3 Å². The van der Waals surface area contributed by atoms with Gasteiger partial charge >= 0.3 is 19.9 Å². The largest absolute Gasteiger partial charge is 0.421 e. The van der Waals surface area contributed by atoms with Crippen molar-refractivity contribution in [3.63, 3.8) is 0 Å². The van der Waals surface area contributed by atoms with Gasteiger partial charge in [-0.05, 0) is 12.1 Å². The van der Waals surface area contributed by atoms with Gasteiger partial charge in [0.2, 0.25) is 0 Å². The SMILES string of the molecule is O=P(CC(F)(F)F)(OCC(F)(F)F)Oc1ccccc1F. The van der Waals surface area contributed by atoms with E-state index in [0.717, 1.165) is 24.3 Å². The molecule has 0 spiro atoms. The molecule has 1 unspecified atom stereocenters. The van der Waals surface area contributed by atoms with Crippen molar-refractivity contribution < 1.29 is 44.3 Å². The highest BCUT2D eigenvalue weighted by atomic mass is 31.2. The van der Waals surface area contributed by atoms with Gasteiger partial charge in [-0.1, -0.05) is 12.1 Å². The molecule has 0 heterocycles. The standard InChI is InChI=1S/C10H8F7O3P/c11-7-3-1-2-4-8(7)20-21(18,6-10(15,16)17)19-5-9(12,13)14/h1-4H,5-6H2. The lowest BCUT2D eigenvalue weighted by Crippen LogP contribution is -2.22. The molecule has 0 aliphatic carbocycles. The third-order valence-electron chi connectivity index (χ3n) is 1.87. The highest BCUT2D eigenvalue weighted by Gasteiger charge is 2.45. The Morgan fingerprint density at radius 1 is 1.00 bits per heavy atom. The molecule has 0 saturated carbocycles. The summed E-state index contributed by atoms with van der Waals surface area (Å²) < 4.78 is 106. The molecule has 1 rings (SSSR count). The van der Waals surface area contributed by atoms with Crippen LogP contribution in [0.5, 0.6) is 5.75 Å². The molecule has 120 valence electrons. The fourth-order valence-corrected chi connectivity index (χ4v) is 2.60. The van der Waals surface area contributed by atoms with Crippen LogP contribution < -0.4 is 4.52 Å². The highest BCUT2D eigenvalue weighted by molar-refractivity contribution is 7.54. The van der Waals surface area contributed by atoms with Crippen LogP contribution in [0.25, 0.3) is 0 Å². The molecule has 0 amide bonds. The molecule has 0 aliphatic rings. The first-order valence-electron chi connectivity index (χ1n) is 5.21. The van der Waals surface area contributed by atoms with Gasteiger partial charge in [-0.3, -0.25) is 4.52 Å². The second kappa shape index (κ2) is 6.23. The predicted molar refractivity (Wildman–Crippen MR) is 57.6 cm³/mol. The molecule has 21 heavy (non-hydrogen) atoms. The lowest BCUT2D eigenvalue weighted by atomic mass is 10.3. The fraction of sp³-hybridized carbons (Fsp3) is 0.400. The minimum atomic E-state index is -5.27. The lowest BCUT2D eigenvalue weighted by molar-refractivity contribution is -0.156. The maximum Gasteiger partial charge on any atom is 0.412 e. The molecular weight excluding hydrogens is 332 g/mol. The molecule has 0 fully saturated rings. The summed E-state index contributed by atoms with van der Waals surface area (Å²) in [5.74, 6) is -2.08. The summed E-state index contributed by atoms with van der Waals surface area (Å²) in [6.45, 7) is -2.21. The zero-order chi connectivity index (χ0) is 16.3. The summed E-state index contributed by atoms with van der Waals surface area (Å²) >= 11 is 0. The fourth-order valence-electron chi connectivity index (χ4n) is 1.16. The quantitative estimate of drug-likeness (QED) is 0.583. The van der Waals surface area contributed by atoms with E-state index in [0.29, 0.717) is 0 Å². The predicted octanol–water partition coefficient (Wildman–Crippen LogP) is 4.54. The highest BCUT2D eigenvalue weighted by Crippen LogP contribution is 2.53. The van der Waals surface area contributed by atoms with Crippen molar-refractivity contribution in [3.8, 4) is 5.75 Å². The second-order valence-electron chi connectivity index (χ2n) is 3.79. The van der Waals surface area contributed by atoms with Crippen molar-refractivity contribution in [1.29, 1.82) is 0 Å². The first-order valence-corrected chi connectivity index (χ1v) is 6.94. The summed E-state index contributed by atoms with van der Waals surface area (Å²) in [4.78, 5) is 0. The Kier molecular flexibility index (Phi) is 5.27. The number of benzene rings is 1. The Bertz CT molecular complexity index is 526. The minimum Gasteiger partial charge on any atom is -0.421 e. The molecule has 11 heteroatoms. The number of hydrogen-bond donors (Lipinski definition) is 0. The van der Waals surface area contributed by atoms with Crippen molar-refractivity contribution >= 4 is 7.60 Å². The van der Waals surface area contributed by atoms with E-state index in [-0.39, 0.29) is 0 Å². The summed E-state index contributed by atoms with van der Waals surface area (Å²) in [5.41, 5.74) is 0. The van der Waals surface area contributed by atoms with Crippen LogP contribution in [0.1, 0.15) is 0 Å². The van der Waals surface area contributed by atoms with Crippen LogP contribution in [-0.2, 0) is 9.09 Å². The normalized spacial score (nSPS) is 15.6. The summed E-state index contributed by atoms with van der Waals surface area (Å²) in [5, 5.41) is 0. The van der Waals surface area contributed by atoms with Gasteiger partial charge in [-0.15, -0.1) is 0 Å². The number of hydrogen-bond acceptors (Lipinski definition) is 3. The van der Waals surface area contributed by atoms with Gasteiger partial charge in [-0.2, -0.15) is 26.3 Å². The Hall–Kier alpha value is -1.28. The molecule has 0 bridgehead atoms. The molecule has 0 saturated heterocycles. The average molecular weight is 340 g/mol. The molecule has 3 nitrogen and oxygen atoms in total. The number of alkyl halides is 6. The molecular formula is C10H8F7O3P. The van der Waals surface area contributed by atoms with Crippen LogP contribution in [0.2, 0.25) is 0 Å². The van der Waals surface area contributed by atoms with Gasteiger partial charge in [0, 0.05) is 0 Å². The second-order valence-corrected chi connectivity index (χ2v) is 5.77. The first kappa shape index (κ1) is 17.8. The summed E-state index contributed by atoms with van der Waals surface area (Å²) in [6.07, 6.45) is -12.4. The third-order valence-corrected chi connectivity index (χ3v) is 3.62. The van der Waals surface area contributed by atoms with Crippen molar-refractivity contribution in [2.75, 3.05) is 12.8 Å². The topological polar surface area (TPSA) is 35.5 Å². The maximum absolute atomic E-state index is 13.2. The summed E-state index contributed by atoms with van der Waals surface area (Å²) in [6, 6.07) is 3.89. The van der Waals surface area contributed by atoms with E-state index in [2.05, 4.69) is 9.05 Å². The van der Waals surface area contributed by atoms with E-state index in [4.69, 9.17) is 0 Å². The van der Waals surface area contributed by atoms with Crippen molar-refractivity contribution in [2.45, 2.75) is 12.4 Å². The van der Waals surface area contributed by atoms with Gasteiger partial charge in [0.15, 0.2) is 24.3 Å². The Labute approximate surface area is 114 Å². The number of halogens is 7. The van der Waals surface area contributed by atoms with E-state index in [1.54, 1.807) is 0 Å². The van der Waals surface area contributed by atoms with Gasteiger partial charge in [0.1, 0.15) is 0 Å². The van der Waals surface area contributed by atoms with E-state index in [1.165, 1.54) is 0 Å². The number of rotatable bonds is 5. The molecule has 1 aromatic carbocycles.